The van der Waals surface area contributed by atoms with Crippen molar-refractivity contribution in [3.63, 3.8) is 0 Å². The average Bonchev–Trinajstić information content (AvgIpc) is 2.91. The van der Waals surface area contributed by atoms with Gasteiger partial charge < -0.3 is 14.4 Å². The van der Waals surface area contributed by atoms with Crippen LogP contribution in [-0.4, -0.2) is 56.7 Å². The molecule has 0 saturated carbocycles. The van der Waals surface area contributed by atoms with Crippen LogP contribution in [0.3, 0.4) is 0 Å². The molecule has 1 aromatic rings. The number of likely N-dealkylation sites (tertiary alicyclic amines) is 1. The normalized spacial score (nSPS) is 23.6. The topological polar surface area (TPSA) is 24.9 Å². The molecule has 1 fully saturated rings. The van der Waals surface area contributed by atoms with Gasteiger partial charge in [0.15, 0.2) is 11.5 Å². The van der Waals surface area contributed by atoms with Crippen molar-refractivity contribution >= 4 is 0 Å². The molecular formula is C16H24N2O2. The first-order chi connectivity index (χ1) is 9.71. The minimum Gasteiger partial charge on any atom is -0.493 e. The largest absolute Gasteiger partial charge is 0.493 e. The second kappa shape index (κ2) is 5.62. The van der Waals surface area contributed by atoms with Crippen molar-refractivity contribution in [2.24, 2.45) is 0 Å². The number of rotatable bonds is 3. The Balaban J connectivity index is 1.80. The van der Waals surface area contributed by atoms with E-state index in [1.54, 1.807) is 14.2 Å². The first-order valence-electron chi connectivity index (χ1n) is 7.37. The van der Waals surface area contributed by atoms with Gasteiger partial charge in [0, 0.05) is 25.7 Å². The van der Waals surface area contributed by atoms with E-state index in [-0.39, 0.29) is 0 Å². The van der Waals surface area contributed by atoms with Gasteiger partial charge in [-0.05, 0) is 49.7 Å². The Morgan fingerprint density at radius 2 is 1.75 bits per heavy atom. The van der Waals surface area contributed by atoms with E-state index in [0.29, 0.717) is 6.04 Å². The third kappa shape index (κ3) is 2.50. The van der Waals surface area contributed by atoms with Crippen molar-refractivity contribution in [3.05, 3.63) is 23.3 Å². The van der Waals surface area contributed by atoms with Crippen molar-refractivity contribution in [2.75, 3.05) is 40.9 Å². The highest BCUT2D eigenvalue weighted by Gasteiger charge is 2.28. The maximum absolute atomic E-state index is 5.43. The van der Waals surface area contributed by atoms with Gasteiger partial charge in [0.1, 0.15) is 0 Å². The van der Waals surface area contributed by atoms with Crippen molar-refractivity contribution < 1.29 is 9.47 Å². The smallest absolute Gasteiger partial charge is 0.161 e. The molecule has 1 unspecified atom stereocenters. The molecular weight excluding hydrogens is 252 g/mol. The molecule has 4 heteroatoms. The van der Waals surface area contributed by atoms with E-state index in [0.717, 1.165) is 31.0 Å². The van der Waals surface area contributed by atoms with Crippen molar-refractivity contribution in [1.82, 2.24) is 9.80 Å². The zero-order valence-corrected chi connectivity index (χ0v) is 12.7. The summed E-state index contributed by atoms with van der Waals surface area (Å²) >= 11 is 0. The monoisotopic (exact) mass is 276 g/mol. The van der Waals surface area contributed by atoms with E-state index < -0.39 is 0 Å². The number of methoxy groups -OCH3 is 2. The van der Waals surface area contributed by atoms with E-state index in [1.165, 1.54) is 30.6 Å². The van der Waals surface area contributed by atoms with Crippen LogP contribution in [0.5, 0.6) is 11.5 Å². The fourth-order valence-corrected chi connectivity index (χ4v) is 3.43. The average molecular weight is 276 g/mol. The van der Waals surface area contributed by atoms with E-state index in [1.807, 2.05) is 0 Å². The number of nitrogens with zero attached hydrogens (tertiary/aromatic N) is 2. The first kappa shape index (κ1) is 13.7. The predicted molar refractivity (Wildman–Crippen MR) is 79.6 cm³/mol. The van der Waals surface area contributed by atoms with Crippen LogP contribution in [0, 0.1) is 0 Å². The zero-order chi connectivity index (χ0) is 14.1. The lowest BCUT2D eigenvalue weighted by Crippen LogP contribution is -2.40. The lowest BCUT2D eigenvalue weighted by atomic mass is 9.97. The minimum atomic E-state index is 0.709. The molecule has 20 heavy (non-hydrogen) atoms. The summed E-state index contributed by atoms with van der Waals surface area (Å²) in [5.41, 5.74) is 2.80. The van der Waals surface area contributed by atoms with E-state index in [2.05, 4.69) is 29.0 Å². The Hall–Kier alpha value is -1.26. The summed E-state index contributed by atoms with van der Waals surface area (Å²) in [5.74, 6) is 1.69. The van der Waals surface area contributed by atoms with Crippen molar-refractivity contribution in [3.8, 4) is 11.5 Å². The number of hydrogen-bond acceptors (Lipinski definition) is 4. The van der Waals surface area contributed by atoms with E-state index in [4.69, 9.17) is 9.47 Å². The lowest BCUT2D eigenvalue weighted by molar-refractivity contribution is 0.180. The number of hydrogen-bond donors (Lipinski definition) is 0. The lowest BCUT2D eigenvalue weighted by Gasteiger charge is -2.34. The molecule has 110 valence electrons. The van der Waals surface area contributed by atoms with Gasteiger partial charge in [0.2, 0.25) is 0 Å². The SMILES string of the molecule is COc1cc2c(cc1OC)CN(C1CCN(C)C1)CC2. The van der Waals surface area contributed by atoms with Gasteiger partial charge in [-0.25, -0.2) is 0 Å². The van der Waals surface area contributed by atoms with Crippen LogP contribution in [0.1, 0.15) is 17.5 Å². The van der Waals surface area contributed by atoms with E-state index >= 15 is 0 Å². The van der Waals surface area contributed by atoms with Crippen LogP contribution >= 0.6 is 0 Å². The second-order valence-electron chi connectivity index (χ2n) is 5.90. The third-order valence-electron chi connectivity index (χ3n) is 4.63. The fraction of sp³-hybridized carbons (Fsp3) is 0.625. The summed E-state index contributed by atoms with van der Waals surface area (Å²) in [5, 5.41) is 0. The Bertz CT molecular complexity index is 490. The highest BCUT2D eigenvalue weighted by molar-refractivity contribution is 5.48. The predicted octanol–water partition coefficient (Wildman–Crippen LogP) is 1.77. The van der Waals surface area contributed by atoms with Crippen LogP contribution in [0.15, 0.2) is 12.1 Å². The van der Waals surface area contributed by atoms with Gasteiger partial charge in [-0.1, -0.05) is 0 Å². The molecule has 1 saturated heterocycles. The molecule has 2 heterocycles. The number of fused-ring (bicyclic) bond motifs is 1. The standard InChI is InChI=1S/C16H24N2O2/c1-17-6-5-14(11-17)18-7-4-12-8-15(19-2)16(20-3)9-13(12)10-18/h8-9,14H,4-7,10-11H2,1-3H3. The van der Waals surface area contributed by atoms with Crippen LogP contribution < -0.4 is 9.47 Å². The molecule has 1 aromatic carbocycles. The molecule has 0 bridgehead atoms. The van der Waals surface area contributed by atoms with Crippen LogP contribution in [-0.2, 0) is 13.0 Å². The molecule has 0 spiro atoms. The maximum atomic E-state index is 5.43. The van der Waals surface area contributed by atoms with Crippen molar-refractivity contribution in [1.29, 1.82) is 0 Å². The molecule has 2 aliphatic heterocycles. The Morgan fingerprint density at radius 3 is 2.35 bits per heavy atom. The third-order valence-corrected chi connectivity index (χ3v) is 4.63. The molecule has 0 amide bonds. The van der Waals surface area contributed by atoms with Gasteiger partial charge in [-0.3, -0.25) is 4.90 Å². The molecule has 2 aliphatic rings. The minimum absolute atomic E-state index is 0.709. The van der Waals surface area contributed by atoms with Crippen molar-refractivity contribution in [2.45, 2.75) is 25.4 Å². The summed E-state index contributed by atoms with van der Waals surface area (Å²) in [6.45, 7) is 4.61. The zero-order valence-electron chi connectivity index (χ0n) is 12.7. The molecule has 0 aromatic heterocycles. The van der Waals surface area contributed by atoms with Gasteiger partial charge in [-0.15, -0.1) is 0 Å². The van der Waals surface area contributed by atoms with Crippen LogP contribution in [0.2, 0.25) is 0 Å². The number of likely N-dealkylation sites (N-methyl/N-ethyl adjacent to an activating group) is 1. The molecule has 0 aliphatic carbocycles. The Labute approximate surface area is 121 Å². The van der Waals surface area contributed by atoms with Crippen LogP contribution in [0.25, 0.3) is 0 Å². The number of ether oxygens (including phenoxy) is 2. The van der Waals surface area contributed by atoms with E-state index in [9.17, 15) is 0 Å². The first-order valence-corrected chi connectivity index (χ1v) is 7.37. The fourth-order valence-electron chi connectivity index (χ4n) is 3.43. The summed E-state index contributed by atoms with van der Waals surface area (Å²) in [6, 6.07) is 5.01. The van der Waals surface area contributed by atoms with Gasteiger partial charge >= 0.3 is 0 Å². The Morgan fingerprint density at radius 1 is 1.05 bits per heavy atom. The summed E-state index contributed by atoms with van der Waals surface area (Å²) in [4.78, 5) is 5.05. The molecule has 3 rings (SSSR count). The maximum Gasteiger partial charge on any atom is 0.161 e. The summed E-state index contributed by atoms with van der Waals surface area (Å²) in [7, 11) is 5.62. The molecule has 4 nitrogen and oxygen atoms in total. The van der Waals surface area contributed by atoms with Gasteiger partial charge in [0.25, 0.3) is 0 Å². The molecule has 1 atom stereocenters. The summed E-state index contributed by atoms with van der Waals surface area (Å²) in [6.07, 6.45) is 2.40. The van der Waals surface area contributed by atoms with Gasteiger partial charge in [0.05, 0.1) is 14.2 Å². The molecule has 0 radical (unpaired) electrons. The molecule has 0 N–H and O–H groups in total. The highest BCUT2D eigenvalue weighted by Crippen LogP contribution is 2.34. The number of benzene rings is 1. The Kier molecular flexibility index (Phi) is 3.85. The summed E-state index contributed by atoms with van der Waals surface area (Å²) < 4.78 is 10.8. The van der Waals surface area contributed by atoms with Gasteiger partial charge in [-0.2, -0.15) is 0 Å². The second-order valence-corrected chi connectivity index (χ2v) is 5.90. The van der Waals surface area contributed by atoms with Crippen LogP contribution in [0.4, 0.5) is 0 Å². The quantitative estimate of drug-likeness (QED) is 0.840. The highest BCUT2D eigenvalue weighted by atomic mass is 16.5.